The fraction of sp³-hybridized carbons (Fsp3) is 0.611. The van der Waals surface area contributed by atoms with E-state index in [1.807, 2.05) is 11.2 Å². The zero-order valence-electron chi connectivity index (χ0n) is 15.2. The van der Waals surface area contributed by atoms with E-state index in [1.165, 1.54) is 18.0 Å². The van der Waals surface area contributed by atoms with Gasteiger partial charge in [0.05, 0.1) is 23.0 Å². The number of aromatic nitrogens is 1. The van der Waals surface area contributed by atoms with Crippen LogP contribution < -0.4 is 11.1 Å². The van der Waals surface area contributed by atoms with Crippen molar-refractivity contribution in [3.63, 3.8) is 0 Å². The van der Waals surface area contributed by atoms with Crippen LogP contribution in [-0.2, 0) is 9.53 Å². The maximum atomic E-state index is 13.0. The number of thioether (sulfide) groups is 1. The molecule has 1 aliphatic heterocycles. The maximum Gasteiger partial charge on any atom is 0.255 e. The molecule has 7 nitrogen and oxygen atoms in total. The zero-order chi connectivity index (χ0) is 18.7. The molecule has 26 heavy (non-hydrogen) atoms. The first-order valence-electron chi connectivity index (χ1n) is 8.85. The van der Waals surface area contributed by atoms with Crippen LogP contribution in [0.25, 0.3) is 0 Å². The van der Waals surface area contributed by atoms with Crippen LogP contribution in [0.5, 0.6) is 0 Å². The van der Waals surface area contributed by atoms with Gasteiger partial charge in [-0.05, 0) is 44.1 Å². The molecule has 0 aromatic carbocycles. The van der Waals surface area contributed by atoms with E-state index in [2.05, 4.69) is 10.3 Å². The van der Waals surface area contributed by atoms with Gasteiger partial charge in [-0.25, -0.2) is 4.98 Å². The van der Waals surface area contributed by atoms with Gasteiger partial charge in [-0.1, -0.05) is 0 Å². The summed E-state index contributed by atoms with van der Waals surface area (Å²) in [4.78, 5) is 30.9. The molecule has 8 heteroatoms. The van der Waals surface area contributed by atoms with E-state index in [0.717, 1.165) is 19.3 Å². The third-order valence-electron chi connectivity index (χ3n) is 5.52. The smallest absolute Gasteiger partial charge is 0.255 e. The Hall–Kier alpha value is -1.80. The fourth-order valence-corrected chi connectivity index (χ4v) is 4.51. The molecule has 0 radical (unpaired) electrons. The molecule has 0 bridgehead atoms. The molecule has 1 aromatic rings. The zero-order valence-corrected chi connectivity index (χ0v) is 16.1. The standard InChI is InChI=1S/C18H26N4O3S/c1-25-18-6-5-13(21-16(23)11-26-2)9-14(18)22(8-7-18)17(24)12-3-4-15(19)20-10-12/h3-4,10,13-14H,5-9,11H2,1-2H3,(H2,19,20)(H,21,23)/t13?,14?,18-/m1/s1. The van der Waals surface area contributed by atoms with Gasteiger partial charge in [0, 0.05) is 25.9 Å². The van der Waals surface area contributed by atoms with Crippen molar-refractivity contribution in [3.05, 3.63) is 23.9 Å². The number of carbonyl (C=O) groups is 2. The number of hydrogen-bond donors (Lipinski definition) is 2. The molecule has 2 heterocycles. The Kier molecular flexibility index (Phi) is 5.72. The van der Waals surface area contributed by atoms with Crippen molar-refractivity contribution in [1.82, 2.24) is 15.2 Å². The molecule has 2 amide bonds. The number of rotatable bonds is 5. The van der Waals surface area contributed by atoms with Crippen LogP contribution >= 0.6 is 11.8 Å². The lowest BCUT2D eigenvalue weighted by Crippen LogP contribution is -2.56. The lowest BCUT2D eigenvalue weighted by Gasteiger charge is -2.43. The van der Waals surface area contributed by atoms with Gasteiger partial charge in [0.1, 0.15) is 5.82 Å². The summed E-state index contributed by atoms with van der Waals surface area (Å²) < 4.78 is 5.89. The number of nitrogens with one attached hydrogen (secondary N) is 1. The lowest BCUT2D eigenvalue weighted by atomic mass is 9.78. The van der Waals surface area contributed by atoms with E-state index < -0.39 is 0 Å². The highest BCUT2D eigenvalue weighted by molar-refractivity contribution is 7.99. The number of amides is 2. The number of ether oxygens (including phenoxy) is 1. The van der Waals surface area contributed by atoms with Crippen molar-refractivity contribution in [1.29, 1.82) is 0 Å². The predicted octanol–water partition coefficient (Wildman–Crippen LogP) is 1.30. The predicted molar refractivity (Wildman–Crippen MR) is 102 cm³/mol. The SMILES string of the molecule is CO[C@@]12CCC(NC(=O)CSC)CC1N(C(=O)c1ccc(N)nc1)CC2. The summed E-state index contributed by atoms with van der Waals surface area (Å²) in [5.74, 6) is 0.836. The number of carbonyl (C=O) groups excluding carboxylic acids is 2. The van der Waals surface area contributed by atoms with Crippen molar-refractivity contribution in [3.8, 4) is 0 Å². The molecular formula is C18H26N4O3S. The minimum atomic E-state index is -0.322. The number of anilines is 1. The van der Waals surface area contributed by atoms with Crippen molar-refractivity contribution in [2.45, 2.75) is 43.4 Å². The van der Waals surface area contributed by atoms with Gasteiger partial charge in [-0.2, -0.15) is 11.8 Å². The minimum Gasteiger partial charge on any atom is -0.384 e. The molecule has 2 aliphatic rings. The quantitative estimate of drug-likeness (QED) is 0.801. The van der Waals surface area contributed by atoms with Gasteiger partial charge in [0.25, 0.3) is 5.91 Å². The number of methoxy groups -OCH3 is 1. The Labute approximate surface area is 158 Å². The van der Waals surface area contributed by atoms with Crippen molar-refractivity contribution < 1.29 is 14.3 Å². The Bertz CT molecular complexity index is 669. The number of nitrogen functional groups attached to an aromatic ring is 1. The molecule has 3 N–H and O–H groups in total. The maximum absolute atomic E-state index is 13.0. The summed E-state index contributed by atoms with van der Waals surface area (Å²) in [5, 5.41) is 3.10. The molecule has 1 saturated carbocycles. The van der Waals surface area contributed by atoms with E-state index in [4.69, 9.17) is 10.5 Å². The Balaban J connectivity index is 1.76. The second-order valence-corrected chi connectivity index (χ2v) is 7.84. The van der Waals surface area contributed by atoms with Crippen molar-refractivity contribution in [2.24, 2.45) is 0 Å². The van der Waals surface area contributed by atoms with Gasteiger partial charge >= 0.3 is 0 Å². The van der Waals surface area contributed by atoms with Crippen molar-refractivity contribution in [2.75, 3.05) is 31.4 Å². The summed E-state index contributed by atoms with van der Waals surface area (Å²) in [6.45, 7) is 0.646. The third kappa shape index (κ3) is 3.66. The Morgan fingerprint density at radius 3 is 2.92 bits per heavy atom. The highest BCUT2D eigenvalue weighted by Gasteiger charge is 2.52. The summed E-state index contributed by atoms with van der Waals surface area (Å²) >= 11 is 1.51. The Morgan fingerprint density at radius 1 is 1.46 bits per heavy atom. The summed E-state index contributed by atoms with van der Waals surface area (Å²) in [6, 6.07) is 3.36. The molecule has 2 unspecified atom stereocenters. The van der Waals surface area contributed by atoms with Gasteiger partial charge in [0.2, 0.25) is 5.91 Å². The molecule has 3 rings (SSSR count). The van der Waals surface area contributed by atoms with Crippen LogP contribution in [0.4, 0.5) is 5.82 Å². The van der Waals surface area contributed by atoms with E-state index in [9.17, 15) is 9.59 Å². The highest BCUT2D eigenvalue weighted by Crippen LogP contribution is 2.43. The first-order valence-corrected chi connectivity index (χ1v) is 10.2. The monoisotopic (exact) mass is 378 g/mol. The largest absolute Gasteiger partial charge is 0.384 e. The molecular weight excluding hydrogens is 352 g/mol. The van der Waals surface area contributed by atoms with Crippen molar-refractivity contribution >= 4 is 29.4 Å². The number of nitrogens with zero attached hydrogens (tertiary/aromatic N) is 2. The first kappa shape index (κ1) is 19.0. The number of pyridine rings is 1. The summed E-state index contributed by atoms with van der Waals surface area (Å²) in [7, 11) is 1.72. The van der Waals surface area contributed by atoms with Crippen LogP contribution in [0.3, 0.4) is 0 Å². The van der Waals surface area contributed by atoms with Gasteiger partial charge in [-0.3, -0.25) is 9.59 Å². The average molecular weight is 378 g/mol. The average Bonchev–Trinajstić information content (AvgIpc) is 3.01. The van der Waals surface area contributed by atoms with Crippen LogP contribution in [-0.4, -0.2) is 65.0 Å². The molecule has 1 saturated heterocycles. The molecule has 142 valence electrons. The molecule has 1 aromatic heterocycles. The van der Waals surface area contributed by atoms with Gasteiger partial charge in [0.15, 0.2) is 0 Å². The lowest BCUT2D eigenvalue weighted by molar-refractivity contribution is -0.120. The number of nitrogens with two attached hydrogens (primary N) is 1. The number of likely N-dealkylation sites (tertiary alicyclic amines) is 1. The van der Waals surface area contributed by atoms with E-state index in [1.54, 1.807) is 19.2 Å². The van der Waals surface area contributed by atoms with Gasteiger partial charge < -0.3 is 20.7 Å². The molecule has 2 fully saturated rings. The molecule has 0 spiro atoms. The van der Waals surface area contributed by atoms with Gasteiger partial charge in [-0.15, -0.1) is 0 Å². The normalized spacial score (nSPS) is 27.8. The molecule has 1 aliphatic carbocycles. The second-order valence-electron chi connectivity index (χ2n) is 6.98. The van der Waals surface area contributed by atoms with E-state index in [0.29, 0.717) is 30.1 Å². The highest BCUT2D eigenvalue weighted by atomic mass is 32.2. The summed E-state index contributed by atoms with van der Waals surface area (Å²) in [6.07, 6.45) is 6.66. The van der Waals surface area contributed by atoms with E-state index >= 15 is 0 Å². The second kappa shape index (κ2) is 7.84. The minimum absolute atomic E-state index is 0.0472. The van der Waals surface area contributed by atoms with Crippen LogP contribution in [0.2, 0.25) is 0 Å². The number of hydrogen-bond acceptors (Lipinski definition) is 6. The fourth-order valence-electron chi connectivity index (χ4n) is 4.17. The van der Waals surface area contributed by atoms with E-state index in [-0.39, 0.29) is 29.5 Å². The van der Waals surface area contributed by atoms with Crippen LogP contribution in [0, 0.1) is 0 Å². The number of fused-ring (bicyclic) bond motifs is 1. The third-order valence-corrected chi connectivity index (χ3v) is 6.08. The topological polar surface area (TPSA) is 97.5 Å². The Morgan fingerprint density at radius 2 is 2.27 bits per heavy atom. The van der Waals surface area contributed by atoms with Crippen LogP contribution in [0.1, 0.15) is 36.0 Å². The molecule has 3 atom stereocenters. The van der Waals surface area contributed by atoms with Crippen LogP contribution in [0.15, 0.2) is 18.3 Å². The first-order chi connectivity index (χ1) is 12.5. The summed E-state index contributed by atoms with van der Waals surface area (Å²) in [5.41, 5.74) is 5.83.